The average Bonchev–Trinajstić information content (AvgIpc) is 3.21. The molecule has 14 heteroatoms. The first-order valence-corrected chi connectivity index (χ1v) is 13.4. The van der Waals surface area contributed by atoms with Crippen LogP contribution < -0.4 is 15.9 Å². The van der Waals surface area contributed by atoms with Gasteiger partial charge in [0, 0.05) is 5.56 Å². The number of aromatic nitrogens is 4. The van der Waals surface area contributed by atoms with Gasteiger partial charge in [0.1, 0.15) is 29.5 Å². The van der Waals surface area contributed by atoms with E-state index in [1.54, 1.807) is 25.3 Å². The second kappa shape index (κ2) is 11.3. The van der Waals surface area contributed by atoms with Crippen LogP contribution >= 0.6 is 7.44 Å². The van der Waals surface area contributed by atoms with Crippen molar-refractivity contribution < 1.29 is 28.0 Å². The molecule has 0 saturated carbocycles. The number of nitrogens with two attached hydrogens (primary N) is 1. The lowest BCUT2D eigenvalue weighted by molar-refractivity contribution is -0.153. The van der Waals surface area contributed by atoms with Crippen molar-refractivity contribution in [3.05, 3.63) is 48.3 Å². The number of ether oxygens (including phenoxy) is 2. The summed E-state index contributed by atoms with van der Waals surface area (Å²) in [4.78, 5) is 37.7. The average molecular weight is 536 g/mol. The van der Waals surface area contributed by atoms with Crippen molar-refractivity contribution in [2.75, 3.05) is 12.1 Å². The Morgan fingerprint density at radius 1 is 1.16 bits per heavy atom. The van der Waals surface area contributed by atoms with Crippen LogP contribution in [0, 0.1) is 5.82 Å². The van der Waals surface area contributed by atoms with E-state index in [-0.39, 0.29) is 17.9 Å². The number of nitrogen functional groups attached to an aromatic ring is 1. The summed E-state index contributed by atoms with van der Waals surface area (Å²) in [5.41, 5.74) is 5.43. The number of carbonyl (C=O) groups is 2. The standard InChI is InChI=1S/C23H31FN7O5P/c1-14(2)36-22(33)23(4,5)30-37(34,29-21(32)16-6-8-17(24)9-7-16)13-35-15(3)10-31-12-28-18-19(25)26-11-27-20(18)31/h6-9,11-12,14-15H,10,13H2,1-5H3,(H2,25,26,27)(H2,29,30,32,34)/t15-,37?/m1/s1. The number of carbonyl (C=O) groups excluding carboxylic acids is 2. The molecule has 4 N–H and O–H groups in total. The normalized spacial score (nSPS) is 14.4. The maximum atomic E-state index is 13.9. The van der Waals surface area contributed by atoms with Crippen LogP contribution in [0.25, 0.3) is 11.2 Å². The topological polar surface area (TPSA) is 163 Å². The molecular formula is C23H31FN7O5P. The molecule has 0 bridgehead atoms. The highest BCUT2D eigenvalue weighted by atomic mass is 31.2. The predicted molar refractivity (Wildman–Crippen MR) is 135 cm³/mol. The molecule has 0 aliphatic heterocycles. The summed E-state index contributed by atoms with van der Waals surface area (Å²) >= 11 is 0. The van der Waals surface area contributed by atoms with E-state index in [9.17, 15) is 18.5 Å². The lowest BCUT2D eigenvalue weighted by Gasteiger charge is -2.31. The Hall–Kier alpha value is -3.41. The summed E-state index contributed by atoms with van der Waals surface area (Å²) in [6.45, 7) is 8.36. The SMILES string of the molecule is CC(C)OC(=O)C(C)(C)NP(=O)(CO[C@H](C)Cn1cnc2c(N)ncnc21)NC(=O)c1ccc(F)cc1. The first-order chi connectivity index (χ1) is 17.3. The molecule has 200 valence electrons. The van der Waals surface area contributed by atoms with Crippen molar-refractivity contribution in [2.24, 2.45) is 0 Å². The third-order valence-electron chi connectivity index (χ3n) is 5.13. The van der Waals surface area contributed by atoms with Gasteiger partial charge in [-0.15, -0.1) is 0 Å². The smallest absolute Gasteiger partial charge is 0.326 e. The number of hydrogen-bond donors (Lipinski definition) is 3. The molecule has 2 atom stereocenters. The number of halogens is 1. The van der Waals surface area contributed by atoms with Gasteiger partial charge in [-0.25, -0.2) is 24.4 Å². The van der Waals surface area contributed by atoms with Crippen LogP contribution in [0.1, 0.15) is 45.0 Å². The number of esters is 1. The summed E-state index contributed by atoms with van der Waals surface area (Å²) in [7, 11) is -3.91. The van der Waals surface area contributed by atoms with E-state index in [0.717, 1.165) is 12.1 Å². The number of nitrogens with zero attached hydrogens (tertiary/aromatic N) is 4. The van der Waals surface area contributed by atoms with Gasteiger partial charge in [-0.3, -0.25) is 19.2 Å². The highest BCUT2D eigenvalue weighted by Crippen LogP contribution is 2.40. The highest BCUT2D eigenvalue weighted by molar-refractivity contribution is 7.60. The van der Waals surface area contributed by atoms with Crippen molar-refractivity contribution in [3.8, 4) is 0 Å². The molecule has 3 rings (SSSR count). The van der Waals surface area contributed by atoms with Crippen LogP contribution in [-0.2, 0) is 25.4 Å². The monoisotopic (exact) mass is 535 g/mol. The third-order valence-corrected chi connectivity index (χ3v) is 7.12. The number of anilines is 1. The Balaban J connectivity index is 1.77. The van der Waals surface area contributed by atoms with E-state index in [1.165, 1.54) is 38.6 Å². The van der Waals surface area contributed by atoms with Gasteiger partial charge in [-0.2, -0.15) is 0 Å². The molecule has 1 amide bonds. The second-order valence-corrected chi connectivity index (χ2v) is 11.5. The first kappa shape index (κ1) is 28.2. The van der Waals surface area contributed by atoms with E-state index < -0.39 is 49.2 Å². The third kappa shape index (κ3) is 7.31. The quantitative estimate of drug-likeness (QED) is 0.246. The Kier molecular flexibility index (Phi) is 8.62. The van der Waals surface area contributed by atoms with Gasteiger partial charge in [0.25, 0.3) is 13.4 Å². The van der Waals surface area contributed by atoms with Crippen LogP contribution in [0.5, 0.6) is 0 Å². The summed E-state index contributed by atoms with van der Waals surface area (Å²) in [5, 5.41) is 5.17. The molecule has 1 unspecified atom stereocenters. The van der Waals surface area contributed by atoms with E-state index in [0.29, 0.717) is 11.2 Å². The molecule has 3 aromatic rings. The summed E-state index contributed by atoms with van der Waals surface area (Å²) in [5.74, 6) is -1.67. The molecule has 1 aromatic carbocycles. The number of amides is 1. The van der Waals surface area contributed by atoms with Crippen molar-refractivity contribution in [1.29, 1.82) is 0 Å². The Morgan fingerprint density at radius 3 is 2.49 bits per heavy atom. The van der Waals surface area contributed by atoms with Crippen molar-refractivity contribution >= 4 is 36.3 Å². The van der Waals surface area contributed by atoms with E-state index in [2.05, 4.69) is 25.1 Å². The molecule has 2 heterocycles. The van der Waals surface area contributed by atoms with Crippen LogP contribution in [0.3, 0.4) is 0 Å². The van der Waals surface area contributed by atoms with Gasteiger partial charge in [-0.05, 0) is 58.9 Å². The Bertz CT molecular complexity index is 1310. The van der Waals surface area contributed by atoms with E-state index in [1.807, 2.05) is 0 Å². The number of imidazole rings is 1. The van der Waals surface area contributed by atoms with Crippen LogP contribution in [-0.4, -0.2) is 55.5 Å². The Labute approximate surface area is 213 Å². The fraction of sp³-hybridized carbons (Fsp3) is 0.435. The zero-order chi connectivity index (χ0) is 27.4. The molecule has 12 nitrogen and oxygen atoms in total. The lowest BCUT2D eigenvalue weighted by Crippen LogP contribution is -2.49. The van der Waals surface area contributed by atoms with Crippen LogP contribution in [0.4, 0.5) is 10.2 Å². The molecule has 0 aliphatic carbocycles. The van der Waals surface area contributed by atoms with E-state index in [4.69, 9.17) is 15.2 Å². The number of benzene rings is 1. The molecule has 0 radical (unpaired) electrons. The van der Waals surface area contributed by atoms with Gasteiger partial charge in [0.15, 0.2) is 11.5 Å². The molecule has 0 saturated heterocycles. The summed E-state index contributed by atoms with van der Waals surface area (Å²) in [6.07, 6.45) is 1.49. The minimum Gasteiger partial charge on any atom is -0.462 e. The molecule has 0 fully saturated rings. The highest BCUT2D eigenvalue weighted by Gasteiger charge is 2.39. The number of fused-ring (bicyclic) bond motifs is 1. The minimum absolute atomic E-state index is 0.0844. The number of rotatable bonds is 11. The minimum atomic E-state index is -3.91. The zero-order valence-corrected chi connectivity index (χ0v) is 22.2. The van der Waals surface area contributed by atoms with Crippen LogP contribution in [0.15, 0.2) is 36.9 Å². The number of nitrogens with one attached hydrogen (secondary N) is 2. The molecular weight excluding hydrogens is 504 g/mol. The maximum Gasteiger partial charge on any atom is 0.326 e. The predicted octanol–water partition coefficient (Wildman–Crippen LogP) is 2.85. The van der Waals surface area contributed by atoms with Gasteiger partial charge < -0.3 is 19.8 Å². The fourth-order valence-corrected chi connectivity index (χ4v) is 5.48. The second-order valence-electron chi connectivity index (χ2n) is 9.31. The fourth-order valence-electron chi connectivity index (χ4n) is 3.38. The summed E-state index contributed by atoms with van der Waals surface area (Å²) in [6, 6.07) is 4.74. The first-order valence-electron chi connectivity index (χ1n) is 11.5. The Morgan fingerprint density at radius 2 is 1.84 bits per heavy atom. The van der Waals surface area contributed by atoms with Crippen molar-refractivity contribution in [2.45, 2.75) is 58.9 Å². The van der Waals surface area contributed by atoms with Gasteiger partial charge >= 0.3 is 5.97 Å². The molecule has 2 aromatic heterocycles. The van der Waals surface area contributed by atoms with Gasteiger partial charge in [0.2, 0.25) is 0 Å². The molecule has 37 heavy (non-hydrogen) atoms. The lowest BCUT2D eigenvalue weighted by atomic mass is 10.1. The zero-order valence-electron chi connectivity index (χ0n) is 21.3. The van der Waals surface area contributed by atoms with Crippen molar-refractivity contribution in [3.63, 3.8) is 0 Å². The molecule has 0 aliphatic rings. The van der Waals surface area contributed by atoms with Gasteiger partial charge in [0.05, 0.1) is 25.1 Å². The maximum absolute atomic E-state index is 13.9. The van der Waals surface area contributed by atoms with Crippen molar-refractivity contribution in [1.82, 2.24) is 29.7 Å². The van der Waals surface area contributed by atoms with Crippen LogP contribution in [0.2, 0.25) is 0 Å². The summed E-state index contributed by atoms with van der Waals surface area (Å²) < 4.78 is 40.0. The molecule has 0 spiro atoms. The number of hydrogen-bond acceptors (Lipinski definition) is 9. The van der Waals surface area contributed by atoms with Gasteiger partial charge in [-0.1, -0.05) is 0 Å². The largest absolute Gasteiger partial charge is 0.462 e. The van der Waals surface area contributed by atoms with E-state index >= 15 is 0 Å².